The van der Waals surface area contributed by atoms with Gasteiger partial charge in [0.2, 0.25) is 0 Å². The molecule has 1 aromatic carbocycles. The third-order valence-electron chi connectivity index (χ3n) is 1.14. The number of rotatable bonds is 1. The molecule has 0 aliphatic rings. The van der Waals surface area contributed by atoms with Gasteiger partial charge in [0.05, 0.1) is 0 Å². The highest BCUT2D eigenvalue weighted by molar-refractivity contribution is 9.10. The molecule has 3 nitrogen and oxygen atoms in total. The molecule has 0 aliphatic carbocycles. The quantitative estimate of drug-likeness (QED) is 0.528. The molecule has 64 valence electrons. The van der Waals surface area contributed by atoms with Gasteiger partial charge in [-0.25, -0.2) is 0 Å². The molecule has 0 saturated heterocycles. The third kappa shape index (κ3) is 2.71. The van der Waals surface area contributed by atoms with Crippen LogP contribution in [0, 0.1) is 5.41 Å². The minimum absolute atomic E-state index is 0.107. The largest absolute Gasteiger partial charge is 0.370 e. The monoisotopic (exact) mass is 247 g/mol. The van der Waals surface area contributed by atoms with Crippen LogP contribution in [-0.2, 0) is 0 Å². The average Bonchev–Trinajstić information content (AvgIpc) is 1.81. The summed E-state index contributed by atoms with van der Waals surface area (Å²) in [6.45, 7) is 0. The molecule has 0 atom stereocenters. The maximum absolute atomic E-state index is 6.98. The topological polar surface area (TPSA) is 61.9 Å². The van der Waals surface area contributed by atoms with Crippen LogP contribution in [0.3, 0.4) is 0 Å². The smallest absolute Gasteiger partial charge is 0.190 e. The van der Waals surface area contributed by atoms with Crippen molar-refractivity contribution in [3.8, 4) is 0 Å². The molecule has 0 aliphatic heterocycles. The average molecular weight is 249 g/mol. The van der Waals surface area contributed by atoms with Gasteiger partial charge in [-0.15, -0.1) is 0 Å². The lowest BCUT2D eigenvalue weighted by atomic mass is 10.3. The first kappa shape index (κ1) is 9.35. The summed E-state index contributed by atoms with van der Waals surface area (Å²) in [5, 5.41) is 10.2. The number of guanidine groups is 1. The maximum atomic E-state index is 6.98. The Kier molecular flexibility index (Phi) is 2.94. The van der Waals surface area contributed by atoms with E-state index in [-0.39, 0.29) is 5.96 Å². The van der Waals surface area contributed by atoms with Gasteiger partial charge in [-0.2, -0.15) is 0 Å². The number of benzene rings is 1. The van der Waals surface area contributed by atoms with Gasteiger partial charge < -0.3 is 11.1 Å². The highest BCUT2D eigenvalue weighted by Gasteiger charge is 1.97. The lowest BCUT2D eigenvalue weighted by Crippen LogP contribution is -2.20. The maximum Gasteiger partial charge on any atom is 0.190 e. The van der Waals surface area contributed by atoms with E-state index in [4.69, 9.17) is 22.7 Å². The van der Waals surface area contributed by atoms with Crippen molar-refractivity contribution >= 4 is 39.2 Å². The summed E-state index contributed by atoms with van der Waals surface area (Å²) in [7, 11) is 0. The summed E-state index contributed by atoms with van der Waals surface area (Å²) in [5.74, 6) is -0.107. The molecule has 4 N–H and O–H groups in total. The van der Waals surface area contributed by atoms with E-state index in [0.717, 1.165) is 4.47 Å². The fourth-order valence-electron chi connectivity index (χ4n) is 0.782. The SMILES string of the molecule is N=C(N)Nc1cc(Cl)cc(Br)c1. The van der Waals surface area contributed by atoms with Gasteiger partial charge in [0, 0.05) is 15.2 Å². The second-order valence-corrected chi connectivity index (χ2v) is 3.55. The Balaban J connectivity index is 2.93. The van der Waals surface area contributed by atoms with E-state index in [2.05, 4.69) is 21.2 Å². The zero-order valence-corrected chi connectivity index (χ0v) is 8.41. The molecule has 0 bridgehead atoms. The van der Waals surface area contributed by atoms with Crippen molar-refractivity contribution in [2.75, 3.05) is 5.32 Å². The van der Waals surface area contributed by atoms with Crippen LogP contribution in [0.25, 0.3) is 0 Å². The van der Waals surface area contributed by atoms with Gasteiger partial charge in [-0.1, -0.05) is 27.5 Å². The predicted molar refractivity (Wildman–Crippen MR) is 54.7 cm³/mol. The van der Waals surface area contributed by atoms with E-state index < -0.39 is 0 Å². The normalized spacial score (nSPS) is 9.50. The fourth-order valence-corrected chi connectivity index (χ4v) is 1.64. The van der Waals surface area contributed by atoms with Crippen molar-refractivity contribution in [1.82, 2.24) is 0 Å². The van der Waals surface area contributed by atoms with Gasteiger partial charge in [0.15, 0.2) is 5.96 Å². The van der Waals surface area contributed by atoms with Crippen LogP contribution in [0.15, 0.2) is 22.7 Å². The molecule has 0 spiro atoms. The molecule has 0 amide bonds. The number of anilines is 1. The van der Waals surface area contributed by atoms with Crippen LogP contribution in [-0.4, -0.2) is 5.96 Å². The van der Waals surface area contributed by atoms with Gasteiger partial charge in [-0.05, 0) is 18.2 Å². The lowest BCUT2D eigenvalue weighted by molar-refractivity contribution is 1.41. The Labute approximate surface area is 83.5 Å². The van der Waals surface area contributed by atoms with Gasteiger partial charge >= 0.3 is 0 Å². The van der Waals surface area contributed by atoms with Crippen LogP contribution in [0.1, 0.15) is 0 Å². The van der Waals surface area contributed by atoms with Crippen LogP contribution in [0.2, 0.25) is 5.02 Å². The van der Waals surface area contributed by atoms with Crippen molar-refractivity contribution in [2.45, 2.75) is 0 Å². The Hall–Kier alpha value is -0.740. The summed E-state index contributed by atoms with van der Waals surface area (Å²) in [6.07, 6.45) is 0. The number of halogens is 2. The molecule has 0 saturated carbocycles. The van der Waals surface area contributed by atoms with Crippen LogP contribution < -0.4 is 11.1 Å². The van der Waals surface area contributed by atoms with E-state index in [1.165, 1.54) is 0 Å². The van der Waals surface area contributed by atoms with Gasteiger partial charge in [-0.3, -0.25) is 5.41 Å². The first-order valence-electron chi connectivity index (χ1n) is 3.15. The summed E-state index contributed by atoms with van der Waals surface area (Å²) >= 11 is 9.02. The van der Waals surface area contributed by atoms with Crippen molar-refractivity contribution in [3.05, 3.63) is 27.7 Å². The summed E-state index contributed by atoms with van der Waals surface area (Å²) in [6, 6.07) is 5.23. The minimum atomic E-state index is -0.107. The summed E-state index contributed by atoms with van der Waals surface area (Å²) in [5.41, 5.74) is 5.83. The van der Waals surface area contributed by atoms with Crippen molar-refractivity contribution in [1.29, 1.82) is 5.41 Å². The Bertz CT molecular complexity index is 293. The third-order valence-corrected chi connectivity index (χ3v) is 1.82. The van der Waals surface area contributed by atoms with E-state index in [0.29, 0.717) is 10.7 Å². The zero-order chi connectivity index (χ0) is 9.14. The molecule has 0 aromatic heterocycles. The number of nitrogens with two attached hydrogens (primary N) is 1. The number of hydrogen-bond donors (Lipinski definition) is 3. The molecule has 1 aromatic rings. The Morgan fingerprint density at radius 2 is 2.17 bits per heavy atom. The Morgan fingerprint density at radius 3 is 2.67 bits per heavy atom. The highest BCUT2D eigenvalue weighted by Crippen LogP contribution is 2.22. The zero-order valence-electron chi connectivity index (χ0n) is 6.07. The van der Waals surface area contributed by atoms with Crippen LogP contribution in [0.5, 0.6) is 0 Å². The van der Waals surface area contributed by atoms with Crippen molar-refractivity contribution in [2.24, 2.45) is 5.73 Å². The molecular weight excluding hydrogens is 241 g/mol. The standard InChI is InChI=1S/C7H7BrClN3/c8-4-1-5(9)3-6(2-4)12-7(10)11/h1-3H,(H4,10,11,12). The Morgan fingerprint density at radius 1 is 1.50 bits per heavy atom. The van der Waals surface area contributed by atoms with E-state index in [1.54, 1.807) is 18.2 Å². The molecular formula is C7H7BrClN3. The molecule has 0 radical (unpaired) electrons. The fraction of sp³-hybridized carbons (Fsp3) is 0. The van der Waals surface area contributed by atoms with Crippen LogP contribution in [0.4, 0.5) is 5.69 Å². The van der Waals surface area contributed by atoms with E-state index >= 15 is 0 Å². The second-order valence-electron chi connectivity index (χ2n) is 2.20. The summed E-state index contributed by atoms with van der Waals surface area (Å²) < 4.78 is 0.846. The van der Waals surface area contributed by atoms with E-state index in [1.807, 2.05) is 0 Å². The van der Waals surface area contributed by atoms with Gasteiger partial charge in [0.25, 0.3) is 0 Å². The second kappa shape index (κ2) is 3.78. The predicted octanol–water partition coefficient (Wildman–Crippen LogP) is 2.41. The molecule has 0 fully saturated rings. The lowest BCUT2D eigenvalue weighted by Gasteiger charge is -2.04. The summed E-state index contributed by atoms with van der Waals surface area (Å²) in [4.78, 5) is 0. The molecule has 5 heteroatoms. The number of nitrogens with one attached hydrogen (secondary N) is 2. The minimum Gasteiger partial charge on any atom is -0.370 e. The number of hydrogen-bond acceptors (Lipinski definition) is 1. The first-order chi connectivity index (χ1) is 5.58. The van der Waals surface area contributed by atoms with E-state index in [9.17, 15) is 0 Å². The van der Waals surface area contributed by atoms with Crippen molar-refractivity contribution in [3.63, 3.8) is 0 Å². The van der Waals surface area contributed by atoms with Crippen molar-refractivity contribution < 1.29 is 0 Å². The van der Waals surface area contributed by atoms with Gasteiger partial charge in [0.1, 0.15) is 0 Å². The van der Waals surface area contributed by atoms with Crippen LogP contribution >= 0.6 is 27.5 Å². The first-order valence-corrected chi connectivity index (χ1v) is 4.32. The highest BCUT2D eigenvalue weighted by atomic mass is 79.9. The molecule has 12 heavy (non-hydrogen) atoms. The molecule has 0 unspecified atom stereocenters. The molecule has 1 rings (SSSR count). The molecule has 0 heterocycles.